The fourth-order valence-electron chi connectivity index (χ4n) is 6.17. The van der Waals surface area contributed by atoms with E-state index in [-0.39, 0.29) is 30.7 Å². The number of rotatable bonds is 12. The molecule has 1 aliphatic carbocycles. The molecule has 50 heavy (non-hydrogen) atoms. The van der Waals surface area contributed by atoms with Crippen LogP contribution in [0, 0.1) is 0 Å². The number of carbonyl (C=O) groups excluding carboxylic acids is 3. The van der Waals surface area contributed by atoms with Gasteiger partial charge in [0.1, 0.15) is 30.2 Å². The van der Waals surface area contributed by atoms with Gasteiger partial charge in [-0.1, -0.05) is 72.8 Å². The summed E-state index contributed by atoms with van der Waals surface area (Å²) in [5.41, 5.74) is 2.77. The number of piperazine rings is 1. The Hall–Kier alpha value is -5.45. The Kier molecular flexibility index (Phi) is 11.5. The number of aromatic nitrogens is 2. The molecule has 0 bridgehead atoms. The van der Waals surface area contributed by atoms with Gasteiger partial charge in [-0.25, -0.2) is 9.78 Å². The van der Waals surface area contributed by atoms with Crippen LogP contribution < -0.4 is 14.8 Å². The van der Waals surface area contributed by atoms with E-state index in [1.54, 1.807) is 22.8 Å². The highest BCUT2D eigenvalue weighted by atomic mass is 16.6. The van der Waals surface area contributed by atoms with E-state index >= 15 is 0 Å². The Labute approximate surface area is 292 Å². The van der Waals surface area contributed by atoms with E-state index in [4.69, 9.17) is 14.2 Å². The fourth-order valence-corrected chi connectivity index (χ4v) is 6.17. The molecule has 11 nitrogen and oxygen atoms in total. The van der Waals surface area contributed by atoms with Crippen LogP contribution in [0.5, 0.6) is 11.6 Å². The third kappa shape index (κ3) is 9.16. The quantitative estimate of drug-likeness (QED) is 0.203. The van der Waals surface area contributed by atoms with Crippen LogP contribution in [-0.2, 0) is 22.6 Å². The Balaban J connectivity index is 1.21. The van der Waals surface area contributed by atoms with Crippen LogP contribution in [0.3, 0.4) is 0 Å². The summed E-state index contributed by atoms with van der Waals surface area (Å²) in [6, 6.07) is 27.5. The third-order valence-electron chi connectivity index (χ3n) is 8.89. The summed E-state index contributed by atoms with van der Waals surface area (Å²) in [4.78, 5) is 52.9. The zero-order chi connectivity index (χ0) is 34.7. The average Bonchev–Trinajstić information content (AvgIpc) is 3.68. The first-order valence-electron chi connectivity index (χ1n) is 17.3. The molecule has 0 radical (unpaired) electrons. The lowest BCUT2D eigenvalue weighted by molar-refractivity contribution is -0.134. The second-order valence-corrected chi connectivity index (χ2v) is 12.5. The predicted molar refractivity (Wildman–Crippen MR) is 188 cm³/mol. The number of ether oxygens (including phenoxy) is 3. The van der Waals surface area contributed by atoms with Crippen LogP contribution in [0.25, 0.3) is 11.4 Å². The van der Waals surface area contributed by atoms with Crippen LogP contribution in [0.1, 0.15) is 54.2 Å². The number of benzene rings is 3. The second kappa shape index (κ2) is 16.8. The number of nitrogens with one attached hydrogen (secondary N) is 1. The van der Waals surface area contributed by atoms with E-state index in [0.29, 0.717) is 50.2 Å². The number of hydrogen-bond donors (Lipinski definition) is 1. The van der Waals surface area contributed by atoms with Gasteiger partial charge in [-0.15, -0.1) is 0 Å². The summed E-state index contributed by atoms with van der Waals surface area (Å²) in [6.07, 6.45) is 3.92. The number of carbonyl (C=O) groups is 3. The van der Waals surface area contributed by atoms with Crippen molar-refractivity contribution >= 4 is 17.9 Å². The molecule has 11 heteroatoms. The van der Waals surface area contributed by atoms with Gasteiger partial charge in [-0.05, 0) is 55.9 Å². The Morgan fingerprint density at radius 3 is 2.16 bits per heavy atom. The first kappa shape index (κ1) is 34.4. The fraction of sp³-hybridized carbons (Fsp3) is 0.359. The van der Waals surface area contributed by atoms with Crippen LogP contribution in [0.4, 0.5) is 4.79 Å². The minimum atomic E-state index is -0.901. The molecule has 1 saturated heterocycles. The van der Waals surface area contributed by atoms with Crippen molar-refractivity contribution in [1.29, 1.82) is 0 Å². The molecule has 1 saturated carbocycles. The lowest BCUT2D eigenvalue weighted by atomic mass is 10.0. The molecular weight excluding hydrogens is 634 g/mol. The third-order valence-corrected chi connectivity index (χ3v) is 8.89. The molecule has 2 heterocycles. The molecule has 3 aromatic carbocycles. The highest BCUT2D eigenvalue weighted by Crippen LogP contribution is 2.26. The SMILES string of the molecule is CCOC(=O)N1CCN(C(=O)[C@H](Cc2ccc(OCc3ccccc3)cc2)NC(=O)c2cc(OC3CCCC3)nc(-c3ccccc3)n2)CC1. The Morgan fingerprint density at radius 2 is 1.48 bits per heavy atom. The summed E-state index contributed by atoms with van der Waals surface area (Å²) >= 11 is 0. The summed E-state index contributed by atoms with van der Waals surface area (Å²) < 4.78 is 17.3. The molecular formula is C39H43N5O6. The molecule has 260 valence electrons. The number of nitrogens with zero attached hydrogens (tertiary/aromatic N) is 4. The summed E-state index contributed by atoms with van der Waals surface area (Å²) in [5.74, 6) is 0.650. The minimum absolute atomic E-state index is 0.0340. The maximum atomic E-state index is 14.1. The van der Waals surface area contributed by atoms with Gasteiger partial charge in [0.2, 0.25) is 11.8 Å². The maximum absolute atomic E-state index is 14.1. The van der Waals surface area contributed by atoms with Gasteiger partial charge in [-0.3, -0.25) is 9.59 Å². The highest BCUT2D eigenvalue weighted by Gasteiger charge is 2.31. The molecule has 0 unspecified atom stereocenters. The molecule has 1 aromatic heterocycles. The summed E-state index contributed by atoms with van der Waals surface area (Å²) in [7, 11) is 0. The normalized spacial score (nSPS) is 15.3. The van der Waals surface area contributed by atoms with Crippen molar-refractivity contribution in [1.82, 2.24) is 25.1 Å². The standard InChI is InChI=1S/C39H43N5O6/c1-2-48-39(47)44-23-21-43(22-24-44)38(46)34(25-28-17-19-31(20-18-28)49-27-29-11-5-3-6-12-29)41-37(45)33-26-35(50-32-15-9-10-16-32)42-36(40-33)30-13-7-4-8-14-30/h3-8,11-14,17-20,26,32,34H,2,9-10,15-16,21-25,27H2,1H3,(H,41,45)/t34-/m0/s1. The van der Waals surface area contributed by atoms with E-state index in [1.165, 1.54) is 0 Å². The van der Waals surface area contributed by atoms with Crippen LogP contribution in [0.15, 0.2) is 91.0 Å². The molecule has 2 aliphatic rings. The van der Waals surface area contributed by atoms with Crippen molar-refractivity contribution in [3.8, 4) is 23.0 Å². The first-order valence-corrected chi connectivity index (χ1v) is 17.3. The van der Waals surface area contributed by atoms with Crippen LogP contribution in [-0.4, -0.2) is 82.6 Å². The maximum Gasteiger partial charge on any atom is 0.409 e. The van der Waals surface area contributed by atoms with Crippen molar-refractivity contribution in [3.63, 3.8) is 0 Å². The van der Waals surface area contributed by atoms with E-state index in [0.717, 1.165) is 42.4 Å². The lowest BCUT2D eigenvalue weighted by Crippen LogP contribution is -2.56. The lowest BCUT2D eigenvalue weighted by Gasteiger charge is -2.36. The Morgan fingerprint density at radius 1 is 0.820 bits per heavy atom. The number of hydrogen-bond acceptors (Lipinski definition) is 8. The van der Waals surface area contributed by atoms with E-state index in [1.807, 2.05) is 84.9 Å². The van der Waals surface area contributed by atoms with Gasteiger partial charge >= 0.3 is 6.09 Å². The average molecular weight is 678 g/mol. The monoisotopic (exact) mass is 677 g/mol. The zero-order valence-corrected chi connectivity index (χ0v) is 28.3. The van der Waals surface area contributed by atoms with Gasteiger partial charge in [0.15, 0.2) is 5.82 Å². The molecule has 1 N–H and O–H groups in total. The van der Waals surface area contributed by atoms with E-state index in [2.05, 4.69) is 15.3 Å². The smallest absolute Gasteiger partial charge is 0.409 e. The first-order chi connectivity index (χ1) is 24.4. The van der Waals surface area contributed by atoms with E-state index < -0.39 is 18.0 Å². The molecule has 4 aromatic rings. The molecule has 3 amide bonds. The van der Waals surface area contributed by atoms with Crippen LogP contribution in [0.2, 0.25) is 0 Å². The Bertz CT molecular complexity index is 1720. The highest BCUT2D eigenvalue weighted by molar-refractivity contribution is 5.96. The predicted octanol–water partition coefficient (Wildman–Crippen LogP) is 5.69. The van der Waals surface area contributed by atoms with Crippen molar-refractivity contribution in [2.24, 2.45) is 0 Å². The summed E-state index contributed by atoms with van der Waals surface area (Å²) in [6.45, 7) is 3.80. The largest absolute Gasteiger partial charge is 0.489 e. The van der Waals surface area contributed by atoms with Crippen molar-refractivity contribution < 1.29 is 28.6 Å². The molecule has 1 atom stereocenters. The zero-order valence-electron chi connectivity index (χ0n) is 28.3. The topological polar surface area (TPSA) is 123 Å². The molecule has 2 fully saturated rings. The van der Waals surface area contributed by atoms with Gasteiger partial charge in [0, 0.05) is 44.2 Å². The van der Waals surface area contributed by atoms with Gasteiger partial charge in [0.05, 0.1) is 6.61 Å². The minimum Gasteiger partial charge on any atom is -0.489 e. The molecule has 6 rings (SSSR count). The van der Waals surface area contributed by atoms with E-state index in [9.17, 15) is 14.4 Å². The van der Waals surface area contributed by atoms with Gasteiger partial charge < -0.3 is 29.3 Å². The second-order valence-electron chi connectivity index (χ2n) is 12.5. The van der Waals surface area contributed by atoms with Gasteiger partial charge in [0.25, 0.3) is 5.91 Å². The van der Waals surface area contributed by atoms with Crippen LogP contribution >= 0.6 is 0 Å². The summed E-state index contributed by atoms with van der Waals surface area (Å²) in [5, 5.41) is 2.98. The number of amides is 3. The van der Waals surface area contributed by atoms with Crippen molar-refractivity contribution in [3.05, 3.63) is 108 Å². The van der Waals surface area contributed by atoms with Crippen molar-refractivity contribution in [2.75, 3.05) is 32.8 Å². The van der Waals surface area contributed by atoms with Gasteiger partial charge in [-0.2, -0.15) is 4.98 Å². The molecule has 1 aliphatic heterocycles. The molecule has 0 spiro atoms. The van der Waals surface area contributed by atoms with Crippen molar-refractivity contribution in [2.45, 2.75) is 57.8 Å².